The quantitative estimate of drug-likeness (QED) is 0.839. The summed E-state index contributed by atoms with van der Waals surface area (Å²) in [6, 6.07) is 9.86. The Kier molecular flexibility index (Phi) is 5.61. The summed E-state index contributed by atoms with van der Waals surface area (Å²) in [4.78, 5) is 1.22. The van der Waals surface area contributed by atoms with Crippen molar-refractivity contribution in [2.45, 2.75) is 39.0 Å². The summed E-state index contributed by atoms with van der Waals surface area (Å²) in [6.07, 6.45) is 0.830. The number of hydrogen-bond acceptors (Lipinski definition) is 3. The zero-order chi connectivity index (χ0) is 14.5. The van der Waals surface area contributed by atoms with Crippen LogP contribution in [-0.4, -0.2) is 6.04 Å². The number of ether oxygens (including phenoxy) is 1. The van der Waals surface area contributed by atoms with Crippen LogP contribution in [0.1, 0.15) is 35.5 Å². The fourth-order valence-corrected chi connectivity index (χ4v) is 3.36. The summed E-state index contributed by atoms with van der Waals surface area (Å²) in [5, 5.41) is 2.82. The molecule has 0 spiro atoms. The summed E-state index contributed by atoms with van der Waals surface area (Å²) in [5.41, 5.74) is 8.54. The van der Waals surface area contributed by atoms with Crippen LogP contribution in [-0.2, 0) is 11.3 Å². The van der Waals surface area contributed by atoms with Crippen molar-refractivity contribution in [1.82, 2.24) is 0 Å². The van der Waals surface area contributed by atoms with Gasteiger partial charge in [-0.1, -0.05) is 30.7 Å². The average Bonchev–Trinajstić information content (AvgIpc) is 2.85. The van der Waals surface area contributed by atoms with Crippen molar-refractivity contribution in [3.63, 3.8) is 0 Å². The second-order valence-corrected chi connectivity index (χ2v) is 6.29. The maximum absolute atomic E-state index is 6.23. The number of nitrogens with two attached hydrogens (primary N) is 1. The smallest absolute Gasteiger partial charge is 0.107 e. The van der Waals surface area contributed by atoms with Crippen LogP contribution in [0.3, 0.4) is 0 Å². The van der Waals surface area contributed by atoms with Gasteiger partial charge in [-0.2, -0.15) is 0 Å². The largest absolute Gasteiger partial charge is 0.366 e. The minimum atomic E-state index is -0.0565. The van der Waals surface area contributed by atoms with Crippen LogP contribution in [0.5, 0.6) is 0 Å². The molecule has 20 heavy (non-hydrogen) atoms. The van der Waals surface area contributed by atoms with E-state index in [9.17, 15) is 0 Å². The third-order valence-corrected chi connectivity index (χ3v) is 4.65. The standard InChI is InChI=1S/C16H20ClNOS/c1-3-14(18)15(16-11(2)7-8-20-16)19-10-12-5-4-6-13(17)9-12/h4-9,14-15H,3,10,18H2,1-2H3. The van der Waals surface area contributed by atoms with Crippen LogP contribution in [0.4, 0.5) is 0 Å². The Hall–Kier alpha value is -0.870. The van der Waals surface area contributed by atoms with Gasteiger partial charge in [-0.3, -0.25) is 0 Å². The van der Waals surface area contributed by atoms with Crippen molar-refractivity contribution in [1.29, 1.82) is 0 Å². The van der Waals surface area contributed by atoms with Crippen molar-refractivity contribution >= 4 is 22.9 Å². The second-order valence-electron chi connectivity index (χ2n) is 4.90. The summed E-state index contributed by atoms with van der Waals surface area (Å²) in [6.45, 7) is 4.71. The van der Waals surface area contributed by atoms with Crippen LogP contribution >= 0.6 is 22.9 Å². The zero-order valence-electron chi connectivity index (χ0n) is 11.8. The molecule has 2 N–H and O–H groups in total. The van der Waals surface area contributed by atoms with Gasteiger partial charge >= 0.3 is 0 Å². The Morgan fingerprint density at radius 2 is 2.15 bits per heavy atom. The van der Waals surface area contributed by atoms with Gasteiger partial charge in [0.2, 0.25) is 0 Å². The third kappa shape index (κ3) is 3.83. The molecule has 0 saturated heterocycles. The highest BCUT2D eigenvalue weighted by Gasteiger charge is 2.22. The van der Waals surface area contributed by atoms with Crippen molar-refractivity contribution in [3.8, 4) is 0 Å². The number of benzene rings is 1. The van der Waals surface area contributed by atoms with Gasteiger partial charge < -0.3 is 10.5 Å². The minimum absolute atomic E-state index is 0.00605. The lowest BCUT2D eigenvalue weighted by atomic mass is 10.1. The molecule has 2 aromatic rings. The van der Waals surface area contributed by atoms with Crippen LogP contribution < -0.4 is 5.73 Å². The van der Waals surface area contributed by atoms with Gasteiger partial charge in [0.1, 0.15) is 6.10 Å². The van der Waals surface area contributed by atoms with E-state index in [0.717, 1.165) is 17.0 Å². The molecule has 4 heteroatoms. The van der Waals surface area contributed by atoms with Crippen molar-refractivity contribution in [3.05, 3.63) is 56.7 Å². The molecule has 108 valence electrons. The summed E-state index contributed by atoms with van der Waals surface area (Å²) < 4.78 is 6.09. The van der Waals surface area contributed by atoms with E-state index in [0.29, 0.717) is 6.61 Å². The van der Waals surface area contributed by atoms with Crippen molar-refractivity contribution in [2.75, 3.05) is 0 Å². The Balaban J connectivity index is 2.11. The molecule has 0 saturated carbocycles. The van der Waals surface area contributed by atoms with Gasteiger partial charge in [0.25, 0.3) is 0 Å². The fourth-order valence-electron chi connectivity index (χ4n) is 2.10. The predicted molar refractivity (Wildman–Crippen MR) is 86.3 cm³/mol. The number of rotatable bonds is 6. The first-order chi connectivity index (χ1) is 9.61. The Morgan fingerprint density at radius 3 is 2.75 bits per heavy atom. The molecule has 2 nitrogen and oxygen atoms in total. The molecule has 2 rings (SSSR count). The normalized spacial score (nSPS) is 14.2. The Labute approximate surface area is 129 Å². The SMILES string of the molecule is CCC(N)C(OCc1cccc(Cl)c1)c1sccc1C. The molecule has 0 aliphatic carbocycles. The van der Waals surface area contributed by atoms with Crippen LogP contribution in [0.15, 0.2) is 35.7 Å². The summed E-state index contributed by atoms with van der Waals surface area (Å²) in [5.74, 6) is 0. The number of thiophene rings is 1. The van der Waals surface area contributed by atoms with Crippen molar-refractivity contribution < 1.29 is 4.74 Å². The van der Waals surface area contributed by atoms with Gasteiger partial charge in [0, 0.05) is 15.9 Å². The van der Waals surface area contributed by atoms with E-state index in [4.69, 9.17) is 22.1 Å². The molecule has 2 unspecified atom stereocenters. The highest BCUT2D eigenvalue weighted by molar-refractivity contribution is 7.10. The lowest BCUT2D eigenvalue weighted by Gasteiger charge is -2.23. The number of aryl methyl sites for hydroxylation is 1. The Morgan fingerprint density at radius 1 is 1.35 bits per heavy atom. The average molecular weight is 310 g/mol. The molecule has 1 aromatic heterocycles. The molecule has 2 atom stereocenters. The van der Waals surface area contributed by atoms with Gasteiger partial charge in [-0.25, -0.2) is 0 Å². The van der Waals surface area contributed by atoms with E-state index < -0.39 is 0 Å². The topological polar surface area (TPSA) is 35.2 Å². The summed E-state index contributed by atoms with van der Waals surface area (Å²) >= 11 is 7.71. The number of hydrogen-bond donors (Lipinski definition) is 1. The maximum Gasteiger partial charge on any atom is 0.107 e. The van der Waals surface area contributed by atoms with Gasteiger partial charge in [0.05, 0.1) is 6.61 Å². The van der Waals surface area contributed by atoms with Crippen LogP contribution in [0.2, 0.25) is 5.02 Å². The zero-order valence-corrected chi connectivity index (χ0v) is 13.4. The van der Waals surface area contributed by atoms with E-state index in [1.807, 2.05) is 24.3 Å². The Bertz CT molecular complexity index is 555. The van der Waals surface area contributed by atoms with E-state index in [-0.39, 0.29) is 12.1 Å². The monoisotopic (exact) mass is 309 g/mol. The van der Waals surface area contributed by atoms with E-state index in [1.165, 1.54) is 10.4 Å². The molecule has 0 bridgehead atoms. The first-order valence-corrected chi connectivity index (χ1v) is 8.03. The van der Waals surface area contributed by atoms with Gasteiger partial charge in [0.15, 0.2) is 0 Å². The van der Waals surface area contributed by atoms with E-state index in [1.54, 1.807) is 11.3 Å². The molecule has 0 amide bonds. The molecule has 0 fully saturated rings. The lowest BCUT2D eigenvalue weighted by Crippen LogP contribution is -2.29. The second kappa shape index (κ2) is 7.23. The highest BCUT2D eigenvalue weighted by Crippen LogP contribution is 2.30. The predicted octanol–water partition coefficient (Wildman–Crippen LogP) is 4.71. The van der Waals surface area contributed by atoms with E-state index in [2.05, 4.69) is 25.3 Å². The van der Waals surface area contributed by atoms with Crippen LogP contribution in [0, 0.1) is 6.92 Å². The third-order valence-electron chi connectivity index (χ3n) is 3.34. The first-order valence-electron chi connectivity index (χ1n) is 6.77. The molecular weight excluding hydrogens is 290 g/mol. The molecular formula is C16H20ClNOS. The first kappa shape index (κ1) is 15.5. The molecule has 0 aliphatic heterocycles. The number of halogens is 1. The highest BCUT2D eigenvalue weighted by atomic mass is 35.5. The summed E-state index contributed by atoms with van der Waals surface area (Å²) in [7, 11) is 0. The molecule has 1 heterocycles. The minimum Gasteiger partial charge on any atom is -0.366 e. The van der Waals surface area contributed by atoms with Crippen LogP contribution in [0.25, 0.3) is 0 Å². The lowest BCUT2D eigenvalue weighted by molar-refractivity contribution is 0.0232. The maximum atomic E-state index is 6.23. The van der Waals surface area contributed by atoms with Gasteiger partial charge in [-0.15, -0.1) is 11.3 Å². The molecule has 1 aromatic carbocycles. The fraction of sp³-hybridized carbons (Fsp3) is 0.375. The molecule has 0 aliphatic rings. The van der Waals surface area contributed by atoms with Crippen molar-refractivity contribution in [2.24, 2.45) is 5.73 Å². The van der Waals surface area contributed by atoms with Gasteiger partial charge in [-0.05, 0) is 48.1 Å². The van der Waals surface area contributed by atoms with E-state index >= 15 is 0 Å². The molecule has 0 radical (unpaired) electrons.